The summed E-state index contributed by atoms with van der Waals surface area (Å²) in [4.78, 5) is 11.1. The first-order valence-corrected chi connectivity index (χ1v) is 4.61. The SMILES string of the molecule is NCC(=O)c1cc(Br)c(F)cc1Cl. The predicted octanol–water partition coefficient (Wildman–Crippen LogP) is 2.38. The first-order valence-electron chi connectivity index (χ1n) is 3.44. The van der Waals surface area contributed by atoms with Crippen LogP contribution in [0.1, 0.15) is 10.4 Å². The van der Waals surface area contributed by atoms with E-state index in [0.717, 1.165) is 6.07 Å². The Labute approximate surface area is 88.0 Å². The van der Waals surface area contributed by atoms with Crippen molar-refractivity contribution in [3.05, 3.63) is 33.0 Å². The molecule has 1 aromatic rings. The second-order valence-electron chi connectivity index (χ2n) is 2.37. The Hall–Kier alpha value is -0.450. The molecule has 0 heterocycles. The standard InChI is InChI=1S/C8H6BrClFNO/c9-5-1-4(8(13)3-12)6(10)2-7(5)11/h1-2H,3,12H2. The lowest BCUT2D eigenvalue weighted by Crippen LogP contribution is -2.14. The zero-order valence-corrected chi connectivity index (χ0v) is 8.82. The summed E-state index contributed by atoms with van der Waals surface area (Å²) in [6.07, 6.45) is 0. The van der Waals surface area contributed by atoms with Crippen LogP contribution in [-0.4, -0.2) is 12.3 Å². The van der Waals surface area contributed by atoms with Crippen LogP contribution in [-0.2, 0) is 0 Å². The number of ketones is 1. The summed E-state index contributed by atoms with van der Waals surface area (Å²) in [6.45, 7) is -0.141. The lowest BCUT2D eigenvalue weighted by molar-refractivity contribution is 0.100. The van der Waals surface area contributed by atoms with Crippen LogP contribution in [0.5, 0.6) is 0 Å². The molecule has 0 fully saturated rings. The van der Waals surface area contributed by atoms with E-state index in [0.29, 0.717) is 0 Å². The molecule has 0 aliphatic heterocycles. The fourth-order valence-electron chi connectivity index (χ4n) is 0.846. The lowest BCUT2D eigenvalue weighted by Gasteiger charge is -2.02. The molecule has 13 heavy (non-hydrogen) atoms. The Morgan fingerprint density at radius 1 is 1.62 bits per heavy atom. The van der Waals surface area contributed by atoms with E-state index >= 15 is 0 Å². The van der Waals surface area contributed by atoms with Crippen molar-refractivity contribution < 1.29 is 9.18 Å². The molecule has 0 aromatic heterocycles. The summed E-state index contributed by atoms with van der Waals surface area (Å²) in [5.41, 5.74) is 5.38. The molecule has 0 aliphatic carbocycles. The summed E-state index contributed by atoms with van der Waals surface area (Å²) in [5.74, 6) is -0.815. The van der Waals surface area contributed by atoms with Gasteiger partial charge in [0, 0.05) is 5.56 Å². The first kappa shape index (κ1) is 10.6. The molecule has 0 aliphatic rings. The minimum atomic E-state index is -0.501. The van der Waals surface area contributed by atoms with Gasteiger partial charge in [-0.15, -0.1) is 0 Å². The van der Waals surface area contributed by atoms with Crippen molar-refractivity contribution in [1.29, 1.82) is 0 Å². The van der Waals surface area contributed by atoms with Gasteiger partial charge in [0.1, 0.15) is 5.82 Å². The van der Waals surface area contributed by atoms with Gasteiger partial charge in [0.25, 0.3) is 0 Å². The van der Waals surface area contributed by atoms with E-state index in [1.165, 1.54) is 6.07 Å². The van der Waals surface area contributed by atoms with Crippen molar-refractivity contribution in [2.45, 2.75) is 0 Å². The molecule has 2 N–H and O–H groups in total. The molecule has 5 heteroatoms. The lowest BCUT2D eigenvalue weighted by atomic mass is 10.1. The van der Waals surface area contributed by atoms with E-state index in [2.05, 4.69) is 15.9 Å². The van der Waals surface area contributed by atoms with Crippen molar-refractivity contribution in [2.24, 2.45) is 5.73 Å². The Morgan fingerprint density at radius 2 is 2.23 bits per heavy atom. The average molecular weight is 266 g/mol. The molecule has 0 saturated heterocycles. The largest absolute Gasteiger partial charge is 0.324 e. The molecule has 0 radical (unpaired) electrons. The summed E-state index contributed by atoms with van der Waals surface area (Å²) in [6, 6.07) is 2.40. The Kier molecular flexibility index (Phi) is 3.41. The maximum Gasteiger partial charge on any atom is 0.177 e. The number of benzene rings is 1. The Balaban J connectivity index is 3.23. The molecular formula is C8H6BrClFNO. The maximum absolute atomic E-state index is 12.9. The molecule has 0 spiro atoms. The highest BCUT2D eigenvalue weighted by atomic mass is 79.9. The maximum atomic E-state index is 12.9. The Morgan fingerprint density at radius 3 is 2.77 bits per heavy atom. The zero-order chi connectivity index (χ0) is 10.0. The first-order chi connectivity index (χ1) is 6.06. The fourth-order valence-corrected chi connectivity index (χ4v) is 1.45. The number of halogens is 3. The van der Waals surface area contributed by atoms with Gasteiger partial charge in [-0.3, -0.25) is 4.79 Å². The van der Waals surface area contributed by atoms with Gasteiger partial charge in [-0.05, 0) is 28.1 Å². The molecular weight excluding hydrogens is 260 g/mol. The van der Waals surface area contributed by atoms with Crippen LogP contribution in [0, 0.1) is 5.82 Å². The van der Waals surface area contributed by atoms with Gasteiger partial charge in [0.2, 0.25) is 0 Å². The average Bonchev–Trinajstić information content (AvgIpc) is 2.10. The van der Waals surface area contributed by atoms with Gasteiger partial charge in [-0.2, -0.15) is 0 Å². The van der Waals surface area contributed by atoms with Crippen molar-refractivity contribution in [1.82, 2.24) is 0 Å². The molecule has 2 nitrogen and oxygen atoms in total. The summed E-state index contributed by atoms with van der Waals surface area (Å²) < 4.78 is 13.1. The Bertz CT molecular complexity index is 356. The highest BCUT2D eigenvalue weighted by Crippen LogP contribution is 2.24. The minimum absolute atomic E-state index is 0.0798. The summed E-state index contributed by atoms with van der Waals surface area (Å²) >= 11 is 8.59. The third-order valence-corrected chi connectivity index (χ3v) is 2.42. The van der Waals surface area contributed by atoms with E-state index in [4.69, 9.17) is 17.3 Å². The van der Waals surface area contributed by atoms with Crippen LogP contribution in [0.4, 0.5) is 4.39 Å². The summed E-state index contributed by atoms with van der Waals surface area (Å²) in [7, 11) is 0. The normalized spacial score (nSPS) is 10.2. The van der Waals surface area contributed by atoms with E-state index in [1.54, 1.807) is 0 Å². The zero-order valence-electron chi connectivity index (χ0n) is 6.48. The van der Waals surface area contributed by atoms with Gasteiger partial charge in [0.05, 0.1) is 16.0 Å². The third-order valence-electron chi connectivity index (χ3n) is 1.50. The van der Waals surface area contributed by atoms with Crippen molar-refractivity contribution >= 4 is 33.3 Å². The smallest absolute Gasteiger partial charge is 0.177 e. The van der Waals surface area contributed by atoms with Crippen LogP contribution in [0.25, 0.3) is 0 Å². The molecule has 0 atom stereocenters. The number of Topliss-reactive ketones (excluding diaryl/α,β-unsaturated/α-hetero) is 1. The van der Waals surface area contributed by atoms with Crippen molar-refractivity contribution in [3.8, 4) is 0 Å². The van der Waals surface area contributed by atoms with Gasteiger partial charge in [0.15, 0.2) is 5.78 Å². The van der Waals surface area contributed by atoms with E-state index in [-0.39, 0.29) is 27.4 Å². The number of rotatable bonds is 2. The second-order valence-corrected chi connectivity index (χ2v) is 3.64. The van der Waals surface area contributed by atoms with Gasteiger partial charge < -0.3 is 5.73 Å². The molecule has 0 saturated carbocycles. The molecule has 1 rings (SSSR count). The number of hydrogen-bond donors (Lipinski definition) is 1. The van der Waals surface area contributed by atoms with Crippen LogP contribution < -0.4 is 5.73 Å². The highest BCUT2D eigenvalue weighted by molar-refractivity contribution is 9.10. The summed E-state index contributed by atoms with van der Waals surface area (Å²) in [5, 5.41) is 0.0798. The van der Waals surface area contributed by atoms with Crippen molar-refractivity contribution in [3.63, 3.8) is 0 Å². The fraction of sp³-hybridized carbons (Fsp3) is 0.125. The van der Waals surface area contributed by atoms with Crippen LogP contribution >= 0.6 is 27.5 Å². The molecule has 0 unspecified atom stereocenters. The molecule has 0 bridgehead atoms. The van der Waals surface area contributed by atoms with E-state index in [1.807, 2.05) is 0 Å². The number of carbonyl (C=O) groups is 1. The number of nitrogens with two attached hydrogens (primary N) is 1. The third kappa shape index (κ3) is 2.27. The van der Waals surface area contributed by atoms with Gasteiger partial charge in [-0.25, -0.2) is 4.39 Å². The molecule has 1 aromatic carbocycles. The quantitative estimate of drug-likeness (QED) is 0.660. The predicted molar refractivity (Wildman–Crippen MR) is 52.5 cm³/mol. The topological polar surface area (TPSA) is 43.1 Å². The number of carbonyl (C=O) groups excluding carboxylic acids is 1. The van der Waals surface area contributed by atoms with Gasteiger partial charge >= 0.3 is 0 Å². The molecule has 70 valence electrons. The monoisotopic (exact) mass is 265 g/mol. The van der Waals surface area contributed by atoms with Gasteiger partial charge in [-0.1, -0.05) is 11.6 Å². The molecule has 0 amide bonds. The second kappa shape index (κ2) is 4.17. The van der Waals surface area contributed by atoms with Crippen LogP contribution in [0.15, 0.2) is 16.6 Å². The number of hydrogen-bond acceptors (Lipinski definition) is 2. The van der Waals surface area contributed by atoms with Crippen LogP contribution in [0.2, 0.25) is 5.02 Å². The van der Waals surface area contributed by atoms with E-state index in [9.17, 15) is 9.18 Å². The highest BCUT2D eigenvalue weighted by Gasteiger charge is 2.11. The van der Waals surface area contributed by atoms with Crippen LogP contribution in [0.3, 0.4) is 0 Å². The minimum Gasteiger partial charge on any atom is -0.324 e. The van der Waals surface area contributed by atoms with E-state index < -0.39 is 5.82 Å². The van der Waals surface area contributed by atoms with Crippen molar-refractivity contribution in [2.75, 3.05) is 6.54 Å².